The minimum Gasteiger partial charge on any atom is -0.307 e. The second-order valence-corrected chi connectivity index (χ2v) is 8.71. The maximum Gasteiger partial charge on any atom is 0.0753 e. The van der Waals surface area contributed by atoms with E-state index in [1.165, 1.54) is 28.0 Å². The Morgan fingerprint density at radius 2 is 1.70 bits per heavy atom. The van der Waals surface area contributed by atoms with Gasteiger partial charge in [0.05, 0.1) is 11.7 Å². The van der Waals surface area contributed by atoms with Crippen LogP contribution in [-0.2, 0) is 0 Å². The summed E-state index contributed by atoms with van der Waals surface area (Å²) in [6.07, 6.45) is 3.39. The fourth-order valence-corrected chi connectivity index (χ4v) is 5.00. The van der Waals surface area contributed by atoms with Crippen molar-refractivity contribution in [3.05, 3.63) is 86.5 Å². The number of hydrazine groups is 1. The summed E-state index contributed by atoms with van der Waals surface area (Å²) in [6, 6.07) is 16.5. The Bertz CT molecular complexity index is 872. The lowest BCUT2D eigenvalue weighted by Crippen LogP contribution is -2.34. The van der Waals surface area contributed by atoms with Gasteiger partial charge in [0.15, 0.2) is 0 Å². The van der Waals surface area contributed by atoms with Crippen LogP contribution < -0.4 is 5.43 Å². The van der Waals surface area contributed by atoms with Crippen LogP contribution in [0.2, 0.25) is 10.0 Å². The highest BCUT2D eigenvalue weighted by Gasteiger charge is 2.35. The van der Waals surface area contributed by atoms with Gasteiger partial charge in [0, 0.05) is 28.1 Å². The molecular weight excluding hydrogens is 395 g/mol. The summed E-state index contributed by atoms with van der Waals surface area (Å²) in [6.45, 7) is 3.21. The number of rotatable bonds is 4. The monoisotopic (exact) mass is 416 g/mol. The van der Waals surface area contributed by atoms with Gasteiger partial charge in [-0.2, -0.15) is 11.8 Å². The summed E-state index contributed by atoms with van der Waals surface area (Å²) in [5, 5.41) is 3.89. The Kier molecular flexibility index (Phi) is 5.84. The second-order valence-electron chi connectivity index (χ2n) is 6.85. The molecule has 1 N–H and O–H groups in total. The zero-order valence-electron chi connectivity index (χ0n) is 15.2. The Morgan fingerprint density at radius 3 is 2.37 bits per heavy atom. The van der Waals surface area contributed by atoms with Crippen LogP contribution in [0.25, 0.3) is 6.08 Å². The number of hydrogen-bond acceptors (Lipinski definition) is 3. The van der Waals surface area contributed by atoms with E-state index in [1.807, 2.05) is 36.0 Å². The van der Waals surface area contributed by atoms with Gasteiger partial charge >= 0.3 is 0 Å². The first kappa shape index (κ1) is 18.9. The molecule has 0 saturated heterocycles. The van der Waals surface area contributed by atoms with Crippen LogP contribution in [0.1, 0.15) is 30.5 Å². The van der Waals surface area contributed by atoms with Crippen LogP contribution in [0.15, 0.2) is 65.4 Å². The van der Waals surface area contributed by atoms with Gasteiger partial charge in [-0.05, 0) is 59.0 Å². The summed E-state index contributed by atoms with van der Waals surface area (Å²) in [5.74, 6) is 2.07. The van der Waals surface area contributed by atoms with E-state index < -0.39 is 0 Å². The van der Waals surface area contributed by atoms with E-state index >= 15 is 0 Å². The maximum absolute atomic E-state index is 6.09. The van der Waals surface area contributed by atoms with Crippen LogP contribution in [0.4, 0.5) is 0 Å². The van der Waals surface area contributed by atoms with Crippen molar-refractivity contribution in [1.82, 2.24) is 10.4 Å². The highest BCUT2D eigenvalue weighted by Crippen LogP contribution is 2.42. The van der Waals surface area contributed by atoms with Crippen molar-refractivity contribution in [1.29, 1.82) is 0 Å². The van der Waals surface area contributed by atoms with Gasteiger partial charge in [-0.1, -0.05) is 54.4 Å². The first-order valence-corrected chi connectivity index (χ1v) is 11.1. The van der Waals surface area contributed by atoms with Crippen molar-refractivity contribution in [2.45, 2.75) is 19.4 Å². The van der Waals surface area contributed by atoms with Crippen LogP contribution in [0.3, 0.4) is 0 Å². The van der Waals surface area contributed by atoms with Gasteiger partial charge in [0.1, 0.15) is 0 Å². The van der Waals surface area contributed by atoms with Crippen molar-refractivity contribution < 1.29 is 0 Å². The van der Waals surface area contributed by atoms with Gasteiger partial charge in [0.2, 0.25) is 0 Å². The molecule has 1 unspecified atom stereocenters. The Hall–Kier alpha value is -1.39. The topological polar surface area (TPSA) is 15.3 Å². The second kappa shape index (κ2) is 8.32. The summed E-state index contributed by atoms with van der Waals surface area (Å²) in [7, 11) is 0. The third kappa shape index (κ3) is 4.07. The molecule has 2 aromatic carbocycles. The SMILES string of the molecule is CCCN1NC(c2ccc(Cl)cc2)C2=C1C(=Cc1ccc(Cl)cc1)CSC2. The Balaban J connectivity index is 1.74. The molecule has 140 valence electrons. The number of thioether (sulfide) groups is 1. The fourth-order valence-electron chi connectivity index (χ4n) is 3.68. The van der Waals surface area contributed by atoms with Crippen molar-refractivity contribution in [3.63, 3.8) is 0 Å². The Labute approximate surface area is 175 Å². The summed E-state index contributed by atoms with van der Waals surface area (Å²) < 4.78 is 0. The first-order chi connectivity index (χ1) is 13.2. The van der Waals surface area contributed by atoms with E-state index in [4.69, 9.17) is 23.2 Å². The lowest BCUT2D eigenvalue weighted by Gasteiger charge is -2.26. The minimum atomic E-state index is 0.213. The molecule has 0 bridgehead atoms. The van der Waals surface area contributed by atoms with E-state index in [-0.39, 0.29) is 6.04 Å². The third-order valence-electron chi connectivity index (χ3n) is 4.89. The highest BCUT2D eigenvalue weighted by atomic mass is 35.5. The average molecular weight is 417 g/mol. The van der Waals surface area contributed by atoms with Gasteiger partial charge < -0.3 is 5.01 Å². The molecule has 2 aliphatic heterocycles. The number of hydrogen-bond donors (Lipinski definition) is 1. The van der Waals surface area contributed by atoms with Crippen molar-refractivity contribution in [3.8, 4) is 0 Å². The molecule has 0 amide bonds. The highest BCUT2D eigenvalue weighted by molar-refractivity contribution is 7.99. The maximum atomic E-state index is 6.09. The van der Waals surface area contributed by atoms with E-state index in [0.717, 1.165) is 34.5 Å². The zero-order chi connectivity index (χ0) is 18.8. The molecule has 2 nitrogen and oxygen atoms in total. The van der Waals surface area contributed by atoms with Crippen LogP contribution in [0, 0.1) is 0 Å². The predicted octanol–water partition coefficient (Wildman–Crippen LogP) is 6.35. The normalized spacial score (nSPS) is 21.1. The molecule has 1 atom stereocenters. The third-order valence-corrected chi connectivity index (χ3v) is 6.42. The quantitative estimate of drug-likeness (QED) is 0.624. The van der Waals surface area contributed by atoms with Crippen molar-refractivity contribution >= 4 is 41.0 Å². The van der Waals surface area contributed by atoms with E-state index in [1.54, 1.807) is 0 Å². The van der Waals surface area contributed by atoms with Gasteiger partial charge in [-0.3, -0.25) is 0 Å². The average Bonchev–Trinajstić information content (AvgIpc) is 3.04. The lowest BCUT2D eigenvalue weighted by atomic mass is 9.97. The van der Waals surface area contributed by atoms with Gasteiger partial charge in [0.25, 0.3) is 0 Å². The molecule has 2 heterocycles. The molecule has 5 heteroatoms. The molecule has 0 spiro atoms. The van der Waals surface area contributed by atoms with Crippen LogP contribution in [-0.4, -0.2) is 23.1 Å². The summed E-state index contributed by atoms with van der Waals surface area (Å²) >= 11 is 14.1. The summed E-state index contributed by atoms with van der Waals surface area (Å²) in [4.78, 5) is 0. The minimum absolute atomic E-state index is 0.213. The molecule has 0 radical (unpaired) electrons. The molecule has 2 aliphatic rings. The molecule has 27 heavy (non-hydrogen) atoms. The summed E-state index contributed by atoms with van der Waals surface area (Å²) in [5.41, 5.74) is 10.4. The molecule has 0 aromatic heterocycles. The number of benzene rings is 2. The molecule has 0 fully saturated rings. The number of nitrogens with zero attached hydrogens (tertiary/aromatic N) is 1. The standard InChI is InChI=1S/C22H22Cl2N2S/c1-2-11-26-22-17(12-15-3-7-18(23)8-4-15)13-27-14-20(22)21(25-26)16-5-9-19(24)10-6-16/h3-10,12,21,25H,2,11,13-14H2,1H3. The first-order valence-electron chi connectivity index (χ1n) is 9.22. The number of halogens is 2. The molecule has 0 saturated carbocycles. The zero-order valence-corrected chi connectivity index (χ0v) is 17.5. The fraction of sp³-hybridized carbons (Fsp3) is 0.273. The Morgan fingerprint density at radius 1 is 1.04 bits per heavy atom. The van der Waals surface area contributed by atoms with Crippen LogP contribution >= 0.6 is 35.0 Å². The molecule has 0 aliphatic carbocycles. The predicted molar refractivity (Wildman–Crippen MR) is 118 cm³/mol. The van der Waals surface area contributed by atoms with E-state index in [9.17, 15) is 0 Å². The van der Waals surface area contributed by atoms with Gasteiger partial charge in [-0.25, -0.2) is 5.43 Å². The number of nitrogens with one attached hydrogen (secondary N) is 1. The lowest BCUT2D eigenvalue weighted by molar-refractivity contribution is 0.259. The van der Waals surface area contributed by atoms with E-state index in [0.29, 0.717) is 0 Å². The molecule has 4 rings (SSSR count). The molecular formula is C22H22Cl2N2S. The van der Waals surface area contributed by atoms with Crippen molar-refractivity contribution in [2.75, 3.05) is 18.1 Å². The smallest absolute Gasteiger partial charge is 0.0753 e. The van der Waals surface area contributed by atoms with Crippen LogP contribution in [0.5, 0.6) is 0 Å². The van der Waals surface area contributed by atoms with Crippen molar-refractivity contribution in [2.24, 2.45) is 0 Å². The van der Waals surface area contributed by atoms with E-state index in [2.05, 4.69) is 47.7 Å². The number of allylic oxidation sites excluding steroid dienone is 1. The van der Waals surface area contributed by atoms with Gasteiger partial charge in [-0.15, -0.1) is 0 Å². The largest absolute Gasteiger partial charge is 0.307 e. The molecule has 2 aromatic rings.